The molecular weight excluding hydrogens is 538 g/mol. The Morgan fingerprint density at radius 2 is 1.79 bits per heavy atom. The Hall–Kier alpha value is -2.74. The number of hydrogen-bond donors (Lipinski definition) is 0. The predicted octanol–water partition coefficient (Wildman–Crippen LogP) is 6.97. The molecule has 0 spiro atoms. The lowest BCUT2D eigenvalue weighted by Crippen LogP contribution is -2.30. The molecule has 1 heterocycles. The molecule has 0 bridgehead atoms. The SMILES string of the molecule is COc1cc(/C=C2\SC(=O)N(CCc3ccccc3)C2=O)cc(Br)c1OCc1cccc(Cl)c1. The monoisotopic (exact) mass is 557 g/mol. The third kappa shape index (κ3) is 5.84. The number of rotatable bonds is 8. The van der Waals surface area contributed by atoms with Gasteiger partial charge < -0.3 is 9.47 Å². The van der Waals surface area contributed by atoms with Crippen molar-refractivity contribution in [1.29, 1.82) is 0 Å². The number of nitrogens with zero attached hydrogens (tertiary/aromatic N) is 1. The van der Waals surface area contributed by atoms with Crippen LogP contribution >= 0.6 is 39.3 Å². The molecule has 1 saturated heterocycles. The van der Waals surface area contributed by atoms with Crippen molar-refractivity contribution >= 4 is 56.5 Å². The summed E-state index contributed by atoms with van der Waals surface area (Å²) in [6, 6.07) is 20.8. The van der Waals surface area contributed by atoms with E-state index in [4.69, 9.17) is 21.1 Å². The van der Waals surface area contributed by atoms with Crippen LogP contribution in [0.3, 0.4) is 0 Å². The van der Waals surface area contributed by atoms with Crippen LogP contribution in [0.2, 0.25) is 5.02 Å². The molecule has 0 saturated carbocycles. The molecule has 0 radical (unpaired) electrons. The van der Waals surface area contributed by atoms with Crippen molar-refractivity contribution in [2.45, 2.75) is 13.0 Å². The zero-order valence-corrected chi connectivity index (χ0v) is 21.5. The average Bonchev–Trinajstić information content (AvgIpc) is 3.09. The van der Waals surface area contributed by atoms with Crippen molar-refractivity contribution in [3.63, 3.8) is 0 Å². The van der Waals surface area contributed by atoms with Gasteiger partial charge in [0.05, 0.1) is 16.5 Å². The molecule has 174 valence electrons. The van der Waals surface area contributed by atoms with Crippen LogP contribution in [-0.4, -0.2) is 29.7 Å². The van der Waals surface area contributed by atoms with Crippen LogP contribution in [0, 0.1) is 0 Å². The van der Waals surface area contributed by atoms with Crippen molar-refractivity contribution in [3.05, 3.63) is 97.8 Å². The van der Waals surface area contributed by atoms with E-state index in [1.165, 1.54) is 4.90 Å². The van der Waals surface area contributed by atoms with Crippen LogP contribution in [-0.2, 0) is 17.8 Å². The largest absolute Gasteiger partial charge is 0.493 e. The zero-order chi connectivity index (χ0) is 24.1. The van der Waals surface area contributed by atoms with Gasteiger partial charge in [-0.3, -0.25) is 14.5 Å². The van der Waals surface area contributed by atoms with E-state index in [1.54, 1.807) is 25.3 Å². The van der Waals surface area contributed by atoms with Gasteiger partial charge in [0.2, 0.25) is 0 Å². The first kappa shape index (κ1) is 24.4. The summed E-state index contributed by atoms with van der Waals surface area (Å²) in [4.78, 5) is 27.0. The number of imide groups is 1. The van der Waals surface area contributed by atoms with Crippen LogP contribution in [0.1, 0.15) is 16.7 Å². The first-order valence-corrected chi connectivity index (χ1v) is 12.5. The molecule has 0 aromatic heterocycles. The van der Waals surface area contributed by atoms with Crippen LogP contribution in [0.4, 0.5) is 4.79 Å². The van der Waals surface area contributed by atoms with Crippen molar-refractivity contribution in [2.24, 2.45) is 0 Å². The van der Waals surface area contributed by atoms with E-state index in [9.17, 15) is 9.59 Å². The molecule has 1 aliphatic rings. The third-order valence-electron chi connectivity index (χ3n) is 5.16. The fourth-order valence-electron chi connectivity index (χ4n) is 3.48. The van der Waals surface area contributed by atoms with Gasteiger partial charge in [-0.1, -0.05) is 54.1 Å². The van der Waals surface area contributed by atoms with Gasteiger partial charge >= 0.3 is 0 Å². The molecular formula is C26H21BrClNO4S. The minimum Gasteiger partial charge on any atom is -0.493 e. The van der Waals surface area contributed by atoms with Gasteiger partial charge in [0.25, 0.3) is 11.1 Å². The minimum absolute atomic E-state index is 0.264. The second-order valence-electron chi connectivity index (χ2n) is 7.52. The summed E-state index contributed by atoms with van der Waals surface area (Å²) in [7, 11) is 1.55. The molecule has 3 aromatic carbocycles. The van der Waals surface area contributed by atoms with E-state index in [0.29, 0.717) is 51.0 Å². The number of thioether (sulfide) groups is 1. The minimum atomic E-state index is -0.290. The number of hydrogen-bond acceptors (Lipinski definition) is 5. The second kappa shape index (κ2) is 11.1. The van der Waals surface area contributed by atoms with Gasteiger partial charge in [-0.25, -0.2) is 0 Å². The Balaban J connectivity index is 1.49. The Bertz CT molecular complexity index is 1250. The summed E-state index contributed by atoms with van der Waals surface area (Å²) < 4.78 is 12.2. The topological polar surface area (TPSA) is 55.8 Å². The van der Waals surface area contributed by atoms with E-state index in [2.05, 4.69) is 15.9 Å². The quantitative estimate of drug-likeness (QED) is 0.280. The van der Waals surface area contributed by atoms with Crippen LogP contribution in [0.15, 0.2) is 76.1 Å². The number of methoxy groups -OCH3 is 1. The molecule has 0 N–H and O–H groups in total. The summed E-state index contributed by atoms with van der Waals surface area (Å²) in [5, 5.41) is 0.375. The van der Waals surface area contributed by atoms with Crippen LogP contribution in [0.5, 0.6) is 11.5 Å². The third-order valence-corrected chi connectivity index (χ3v) is 6.89. The Morgan fingerprint density at radius 1 is 1.03 bits per heavy atom. The maximum Gasteiger partial charge on any atom is 0.293 e. The van der Waals surface area contributed by atoms with E-state index in [-0.39, 0.29) is 11.1 Å². The first-order chi connectivity index (χ1) is 16.4. The van der Waals surface area contributed by atoms with E-state index in [1.807, 2.05) is 54.6 Å². The summed E-state index contributed by atoms with van der Waals surface area (Å²) >= 11 is 10.5. The highest BCUT2D eigenvalue weighted by Crippen LogP contribution is 2.39. The predicted molar refractivity (Wildman–Crippen MR) is 139 cm³/mol. The Labute approximate surface area is 215 Å². The van der Waals surface area contributed by atoms with Gasteiger partial charge in [0.1, 0.15) is 6.61 Å². The Morgan fingerprint density at radius 3 is 2.53 bits per heavy atom. The van der Waals surface area contributed by atoms with Crippen molar-refractivity contribution in [3.8, 4) is 11.5 Å². The summed E-state index contributed by atoms with van der Waals surface area (Å²) in [6.45, 7) is 0.657. The van der Waals surface area contributed by atoms with E-state index < -0.39 is 0 Å². The number of carbonyl (C=O) groups excluding carboxylic acids is 2. The number of benzene rings is 3. The fraction of sp³-hybridized carbons (Fsp3) is 0.154. The molecule has 3 aromatic rings. The van der Waals surface area contributed by atoms with Gasteiger partial charge in [0.15, 0.2) is 11.5 Å². The zero-order valence-electron chi connectivity index (χ0n) is 18.3. The second-order valence-corrected chi connectivity index (χ2v) is 9.81. The standard InChI is InChI=1S/C26H21BrClNO4S/c1-32-22-14-19(13-21(27)24(22)33-16-18-8-5-9-20(28)12-18)15-23-25(30)29(26(31)34-23)11-10-17-6-3-2-4-7-17/h2-9,12-15H,10-11,16H2,1H3/b23-15-. The van der Waals surface area contributed by atoms with Gasteiger partial charge in [0, 0.05) is 11.6 Å². The lowest BCUT2D eigenvalue weighted by molar-refractivity contribution is -0.122. The molecule has 8 heteroatoms. The lowest BCUT2D eigenvalue weighted by Gasteiger charge is -2.14. The van der Waals surface area contributed by atoms with E-state index in [0.717, 1.165) is 22.9 Å². The fourth-order valence-corrected chi connectivity index (χ4v) is 5.13. The molecule has 0 unspecified atom stereocenters. The first-order valence-electron chi connectivity index (χ1n) is 10.5. The summed E-state index contributed by atoms with van der Waals surface area (Å²) in [5.41, 5.74) is 2.72. The van der Waals surface area contributed by atoms with Gasteiger partial charge in [-0.15, -0.1) is 0 Å². The number of ether oxygens (including phenoxy) is 2. The van der Waals surface area contributed by atoms with Crippen molar-refractivity contribution in [2.75, 3.05) is 13.7 Å². The highest BCUT2D eigenvalue weighted by molar-refractivity contribution is 9.10. The molecule has 1 fully saturated rings. The smallest absolute Gasteiger partial charge is 0.293 e. The molecule has 5 nitrogen and oxygen atoms in total. The van der Waals surface area contributed by atoms with Crippen LogP contribution < -0.4 is 9.47 Å². The highest BCUT2D eigenvalue weighted by Gasteiger charge is 2.34. The van der Waals surface area contributed by atoms with E-state index >= 15 is 0 Å². The van der Waals surface area contributed by atoms with Gasteiger partial charge in [-0.05, 0) is 81.1 Å². The molecule has 34 heavy (non-hydrogen) atoms. The summed E-state index contributed by atoms with van der Waals surface area (Å²) in [5.74, 6) is 0.754. The van der Waals surface area contributed by atoms with Crippen molar-refractivity contribution < 1.29 is 19.1 Å². The number of amides is 2. The highest BCUT2D eigenvalue weighted by atomic mass is 79.9. The number of carbonyl (C=O) groups is 2. The maximum absolute atomic E-state index is 12.9. The molecule has 0 atom stereocenters. The average molecular weight is 559 g/mol. The molecule has 1 aliphatic heterocycles. The van der Waals surface area contributed by atoms with Gasteiger partial charge in [-0.2, -0.15) is 0 Å². The Kier molecular flexibility index (Phi) is 7.98. The number of halogens is 2. The molecule has 2 amide bonds. The summed E-state index contributed by atoms with van der Waals surface area (Å²) in [6.07, 6.45) is 2.31. The van der Waals surface area contributed by atoms with Crippen molar-refractivity contribution in [1.82, 2.24) is 4.90 Å². The lowest BCUT2D eigenvalue weighted by atomic mass is 10.1. The normalized spacial score (nSPS) is 14.7. The van der Waals surface area contributed by atoms with Crippen LogP contribution in [0.25, 0.3) is 6.08 Å². The molecule has 0 aliphatic carbocycles. The molecule has 4 rings (SSSR count). The maximum atomic E-state index is 12.9.